The second kappa shape index (κ2) is 11.7. The third-order valence-corrected chi connectivity index (χ3v) is 4.25. The van der Waals surface area contributed by atoms with Gasteiger partial charge in [0.15, 0.2) is 0 Å². The van der Waals surface area contributed by atoms with Crippen LogP contribution in [0.25, 0.3) is 0 Å². The van der Waals surface area contributed by atoms with E-state index in [0.717, 1.165) is 32.3 Å². The van der Waals surface area contributed by atoms with Crippen LogP contribution in [0.1, 0.15) is 90.4 Å². The van der Waals surface area contributed by atoms with Crippen molar-refractivity contribution >= 4 is 0 Å². The smallest absolute Gasteiger partial charge is 0.0834 e. The van der Waals surface area contributed by atoms with Gasteiger partial charge in [0.05, 0.1) is 12.2 Å². The topological polar surface area (TPSA) is 29.5 Å². The summed E-state index contributed by atoms with van der Waals surface area (Å²) in [5, 5.41) is 9.95. The van der Waals surface area contributed by atoms with E-state index in [-0.39, 0.29) is 12.2 Å². The van der Waals surface area contributed by atoms with E-state index in [1.807, 2.05) is 0 Å². The van der Waals surface area contributed by atoms with Crippen molar-refractivity contribution in [3.8, 4) is 0 Å². The Morgan fingerprint density at radius 2 is 1.53 bits per heavy atom. The van der Waals surface area contributed by atoms with Crippen molar-refractivity contribution in [3.05, 3.63) is 0 Å². The fourth-order valence-electron chi connectivity index (χ4n) is 2.93. The molecule has 2 atom stereocenters. The second-order valence-corrected chi connectivity index (χ2v) is 6.09. The molecule has 1 fully saturated rings. The van der Waals surface area contributed by atoms with E-state index in [4.69, 9.17) is 4.74 Å². The van der Waals surface area contributed by atoms with Crippen molar-refractivity contribution < 1.29 is 9.84 Å². The fourth-order valence-corrected chi connectivity index (χ4v) is 2.93. The maximum atomic E-state index is 9.95. The molecule has 1 N–H and O–H groups in total. The van der Waals surface area contributed by atoms with Crippen LogP contribution in [-0.2, 0) is 4.74 Å². The van der Waals surface area contributed by atoms with E-state index in [0.29, 0.717) is 0 Å². The minimum absolute atomic E-state index is 0.138. The summed E-state index contributed by atoms with van der Waals surface area (Å²) in [5.41, 5.74) is 0. The largest absolute Gasteiger partial charge is 0.390 e. The van der Waals surface area contributed by atoms with Gasteiger partial charge < -0.3 is 9.84 Å². The van der Waals surface area contributed by atoms with Gasteiger partial charge in [0.25, 0.3) is 0 Å². The Morgan fingerprint density at radius 3 is 2.05 bits per heavy atom. The zero-order valence-corrected chi connectivity index (χ0v) is 12.9. The summed E-state index contributed by atoms with van der Waals surface area (Å²) in [6, 6.07) is 0. The summed E-state index contributed by atoms with van der Waals surface area (Å²) in [4.78, 5) is 0. The van der Waals surface area contributed by atoms with Gasteiger partial charge in [-0.3, -0.25) is 0 Å². The van der Waals surface area contributed by atoms with Crippen LogP contribution in [0.3, 0.4) is 0 Å². The maximum absolute atomic E-state index is 9.95. The molecule has 0 amide bonds. The summed E-state index contributed by atoms with van der Waals surface area (Å²) in [6.45, 7) is 3.12. The first kappa shape index (κ1) is 17.0. The number of rotatable bonds is 12. The number of hydrogen-bond donors (Lipinski definition) is 1. The first-order valence-corrected chi connectivity index (χ1v) is 8.64. The minimum Gasteiger partial charge on any atom is -0.390 e. The highest BCUT2D eigenvalue weighted by Crippen LogP contribution is 2.19. The quantitative estimate of drug-likeness (QED) is 0.514. The first-order chi connectivity index (χ1) is 9.34. The Morgan fingerprint density at radius 1 is 0.947 bits per heavy atom. The van der Waals surface area contributed by atoms with Gasteiger partial charge in [-0.25, -0.2) is 0 Å². The van der Waals surface area contributed by atoms with Crippen molar-refractivity contribution in [1.82, 2.24) is 0 Å². The Hall–Kier alpha value is -0.0800. The Labute approximate surface area is 119 Å². The molecule has 1 saturated heterocycles. The van der Waals surface area contributed by atoms with Gasteiger partial charge >= 0.3 is 0 Å². The van der Waals surface area contributed by atoms with E-state index >= 15 is 0 Å². The molecule has 0 bridgehead atoms. The van der Waals surface area contributed by atoms with Crippen LogP contribution in [0.15, 0.2) is 0 Å². The predicted molar refractivity (Wildman–Crippen MR) is 81.4 cm³/mol. The predicted octanol–water partition coefficient (Wildman–Crippen LogP) is 4.84. The summed E-state index contributed by atoms with van der Waals surface area (Å²) in [5.74, 6) is 0. The van der Waals surface area contributed by atoms with Crippen LogP contribution in [0, 0.1) is 0 Å². The molecule has 0 aromatic heterocycles. The minimum atomic E-state index is -0.212. The summed E-state index contributed by atoms with van der Waals surface area (Å²) in [6.07, 6.45) is 16.6. The van der Waals surface area contributed by atoms with Gasteiger partial charge in [0.1, 0.15) is 0 Å². The van der Waals surface area contributed by atoms with Gasteiger partial charge in [-0.1, -0.05) is 71.1 Å². The third-order valence-electron chi connectivity index (χ3n) is 4.25. The van der Waals surface area contributed by atoms with Crippen LogP contribution >= 0.6 is 0 Å². The lowest BCUT2D eigenvalue weighted by molar-refractivity contribution is -0.00636. The molecule has 0 unspecified atom stereocenters. The monoisotopic (exact) mass is 270 g/mol. The van der Waals surface area contributed by atoms with E-state index in [9.17, 15) is 5.11 Å². The normalized spacial score (nSPS) is 20.8. The van der Waals surface area contributed by atoms with Crippen LogP contribution in [0.5, 0.6) is 0 Å². The van der Waals surface area contributed by atoms with E-state index < -0.39 is 0 Å². The van der Waals surface area contributed by atoms with Crippen LogP contribution < -0.4 is 0 Å². The second-order valence-electron chi connectivity index (χ2n) is 6.09. The summed E-state index contributed by atoms with van der Waals surface area (Å²) < 4.78 is 5.51. The molecule has 0 radical (unpaired) electrons. The van der Waals surface area contributed by atoms with Crippen LogP contribution in [0.4, 0.5) is 0 Å². The molecule has 0 aromatic rings. The summed E-state index contributed by atoms with van der Waals surface area (Å²) >= 11 is 0. The van der Waals surface area contributed by atoms with Crippen molar-refractivity contribution in [1.29, 1.82) is 0 Å². The highest BCUT2D eigenvalue weighted by Gasteiger charge is 2.23. The standard InChI is InChI=1S/C17H34O2/c1-2-3-4-5-6-7-8-9-10-11-13-16(18)17-14-12-15-19-17/h16-18H,2-15H2,1H3/t16-,17+/m1/s1. The molecule has 1 aliphatic heterocycles. The van der Waals surface area contributed by atoms with E-state index in [1.165, 1.54) is 57.8 Å². The number of aliphatic hydroxyl groups is 1. The van der Waals surface area contributed by atoms with Crippen molar-refractivity contribution in [2.45, 2.75) is 103 Å². The summed E-state index contributed by atoms with van der Waals surface area (Å²) in [7, 11) is 0. The first-order valence-electron chi connectivity index (χ1n) is 8.64. The lowest BCUT2D eigenvalue weighted by Gasteiger charge is -2.16. The highest BCUT2D eigenvalue weighted by molar-refractivity contribution is 4.73. The molecule has 114 valence electrons. The molecule has 1 aliphatic rings. The molecule has 1 rings (SSSR count). The molecule has 0 saturated carbocycles. The maximum Gasteiger partial charge on any atom is 0.0834 e. The molecule has 0 spiro atoms. The molecule has 19 heavy (non-hydrogen) atoms. The van der Waals surface area contributed by atoms with Gasteiger partial charge in [-0.05, 0) is 19.3 Å². The van der Waals surface area contributed by atoms with Gasteiger partial charge in [0, 0.05) is 6.61 Å². The molecular weight excluding hydrogens is 236 g/mol. The van der Waals surface area contributed by atoms with Gasteiger partial charge in [0.2, 0.25) is 0 Å². The molecule has 1 heterocycles. The molecule has 2 heteroatoms. The number of ether oxygens (including phenoxy) is 1. The van der Waals surface area contributed by atoms with Gasteiger partial charge in [-0.15, -0.1) is 0 Å². The number of unbranched alkanes of at least 4 members (excludes halogenated alkanes) is 9. The van der Waals surface area contributed by atoms with Gasteiger partial charge in [-0.2, -0.15) is 0 Å². The Kier molecular flexibility index (Phi) is 10.5. The zero-order chi connectivity index (χ0) is 13.8. The number of aliphatic hydroxyl groups excluding tert-OH is 1. The number of hydrogen-bond acceptors (Lipinski definition) is 2. The third kappa shape index (κ3) is 8.65. The zero-order valence-electron chi connectivity index (χ0n) is 12.9. The fraction of sp³-hybridized carbons (Fsp3) is 1.00. The van der Waals surface area contributed by atoms with Crippen molar-refractivity contribution in [2.24, 2.45) is 0 Å². The average molecular weight is 270 g/mol. The lowest BCUT2D eigenvalue weighted by Crippen LogP contribution is -2.24. The lowest BCUT2D eigenvalue weighted by atomic mass is 10.0. The Balaban J connectivity index is 1.78. The molecular formula is C17H34O2. The van der Waals surface area contributed by atoms with E-state index in [2.05, 4.69) is 6.92 Å². The SMILES string of the molecule is CCCCCCCCCCCC[C@@H](O)[C@@H]1CCCO1. The Bertz CT molecular complexity index is 188. The van der Waals surface area contributed by atoms with E-state index in [1.54, 1.807) is 0 Å². The highest BCUT2D eigenvalue weighted by atomic mass is 16.5. The molecule has 0 aliphatic carbocycles. The van der Waals surface area contributed by atoms with Crippen molar-refractivity contribution in [2.75, 3.05) is 6.61 Å². The van der Waals surface area contributed by atoms with Crippen LogP contribution in [0.2, 0.25) is 0 Å². The van der Waals surface area contributed by atoms with Crippen LogP contribution in [-0.4, -0.2) is 23.9 Å². The molecule has 0 aromatic carbocycles. The average Bonchev–Trinajstić information content (AvgIpc) is 2.95. The molecule has 2 nitrogen and oxygen atoms in total. The van der Waals surface area contributed by atoms with Crippen molar-refractivity contribution in [3.63, 3.8) is 0 Å².